The van der Waals surface area contributed by atoms with E-state index in [4.69, 9.17) is 5.26 Å². The third-order valence-corrected chi connectivity index (χ3v) is 3.52. The molecule has 0 saturated carbocycles. The molecule has 0 bridgehead atoms. The van der Waals surface area contributed by atoms with Gasteiger partial charge < -0.3 is 4.98 Å². The van der Waals surface area contributed by atoms with E-state index in [1.807, 2.05) is 30.3 Å². The lowest BCUT2D eigenvalue weighted by Gasteiger charge is -1.99. The second-order valence-electron chi connectivity index (χ2n) is 4.52. The second kappa shape index (κ2) is 5.43. The van der Waals surface area contributed by atoms with E-state index in [1.54, 1.807) is 6.20 Å². The maximum absolute atomic E-state index is 8.76. The van der Waals surface area contributed by atoms with Gasteiger partial charge in [-0.1, -0.05) is 12.1 Å². The van der Waals surface area contributed by atoms with Gasteiger partial charge in [0.2, 0.25) is 0 Å². The van der Waals surface area contributed by atoms with Crippen LogP contribution in [0.4, 0.5) is 0 Å². The molecule has 20 heavy (non-hydrogen) atoms. The van der Waals surface area contributed by atoms with E-state index >= 15 is 0 Å². The number of aromatic amines is 1. The molecule has 98 valence electrons. The van der Waals surface area contributed by atoms with Gasteiger partial charge in [0.05, 0.1) is 17.1 Å². The van der Waals surface area contributed by atoms with Gasteiger partial charge in [-0.25, -0.2) is 9.97 Å². The van der Waals surface area contributed by atoms with E-state index in [-0.39, 0.29) is 0 Å². The van der Waals surface area contributed by atoms with E-state index in [0.717, 1.165) is 34.3 Å². The number of nitriles is 1. The van der Waals surface area contributed by atoms with Crippen molar-refractivity contribution in [1.82, 2.24) is 15.0 Å². The second-order valence-corrected chi connectivity index (χ2v) is 5.43. The van der Waals surface area contributed by atoms with Crippen LogP contribution in [0.25, 0.3) is 11.2 Å². The lowest BCUT2D eigenvalue weighted by Crippen LogP contribution is -1.93. The van der Waals surface area contributed by atoms with Crippen molar-refractivity contribution in [1.29, 1.82) is 5.26 Å². The molecule has 1 N–H and O–H groups in total. The van der Waals surface area contributed by atoms with Crippen LogP contribution in [0.5, 0.6) is 0 Å². The molecule has 4 nitrogen and oxygen atoms in total. The zero-order valence-corrected chi connectivity index (χ0v) is 12.2. The predicted octanol–water partition coefficient (Wildman–Crippen LogP) is 3.38. The number of H-pyrrole nitrogens is 1. The quantitative estimate of drug-likeness (QED) is 0.802. The molecule has 2 aromatic heterocycles. The number of hydrogen-bond donors (Lipinski definition) is 1. The maximum Gasteiger partial charge on any atom is 0.177 e. The lowest BCUT2D eigenvalue weighted by molar-refractivity contribution is 0.889. The summed E-state index contributed by atoms with van der Waals surface area (Å²) in [6, 6.07) is 11.7. The van der Waals surface area contributed by atoms with E-state index in [1.165, 1.54) is 5.56 Å². The van der Waals surface area contributed by atoms with Crippen LogP contribution >= 0.6 is 15.9 Å². The van der Waals surface area contributed by atoms with Crippen LogP contribution in [0.2, 0.25) is 0 Å². The first-order valence-corrected chi connectivity index (χ1v) is 7.03. The monoisotopic (exact) mass is 326 g/mol. The molecule has 0 spiro atoms. The topological polar surface area (TPSA) is 65.4 Å². The van der Waals surface area contributed by atoms with Crippen LogP contribution in [0, 0.1) is 11.3 Å². The number of nitrogens with zero attached hydrogens (tertiary/aromatic N) is 3. The fraction of sp³-hybridized carbons (Fsp3) is 0.133. The molecular weight excluding hydrogens is 316 g/mol. The summed E-state index contributed by atoms with van der Waals surface area (Å²) in [5.74, 6) is 0.926. The standard InChI is InChI=1S/C15H11BrN4/c16-12-7-13-15(18-9-12)20-14(19-13)6-5-10-1-3-11(8-17)4-2-10/h1-4,7,9H,5-6H2,(H,18,19,20). The first-order valence-electron chi connectivity index (χ1n) is 6.24. The highest BCUT2D eigenvalue weighted by Gasteiger charge is 2.05. The highest BCUT2D eigenvalue weighted by atomic mass is 79.9. The lowest BCUT2D eigenvalue weighted by atomic mass is 10.1. The van der Waals surface area contributed by atoms with Gasteiger partial charge in [-0.15, -0.1) is 0 Å². The van der Waals surface area contributed by atoms with E-state index in [9.17, 15) is 0 Å². The number of halogens is 1. The predicted molar refractivity (Wildman–Crippen MR) is 80.2 cm³/mol. The normalized spacial score (nSPS) is 10.6. The van der Waals surface area contributed by atoms with Gasteiger partial charge in [-0.2, -0.15) is 5.26 Å². The van der Waals surface area contributed by atoms with Gasteiger partial charge >= 0.3 is 0 Å². The SMILES string of the molecule is N#Cc1ccc(CCc2nc3ncc(Br)cc3[nH]2)cc1. The van der Waals surface area contributed by atoms with Crippen LogP contribution in [0.1, 0.15) is 17.0 Å². The number of fused-ring (bicyclic) bond motifs is 1. The van der Waals surface area contributed by atoms with Crippen LogP contribution in [0.15, 0.2) is 41.0 Å². The van der Waals surface area contributed by atoms with Crippen molar-refractivity contribution in [2.75, 3.05) is 0 Å². The summed E-state index contributed by atoms with van der Waals surface area (Å²) in [6.45, 7) is 0. The number of aromatic nitrogens is 3. The van der Waals surface area contributed by atoms with Crippen molar-refractivity contribution in [2.45, 2.75) is 12.8 Å². The van der Waals surface area contributed by atoms with Gasteiger partial charge in [-0.05, 0) is 46.1 Å². The van der Waals surface area contributed by atoms with Crippen LogP contribution in [-0.2, 0) is 12.8 Å². The third-order valence-electron chi connectivity index (χ3n) is 3.09. The van der Waals surface area contributed by atoms with Gasteiger partial charge in [0.15, 0.2) is 5.65 Å². The zero-order valence-electron chi connectivity index (χ0n) is 10.6. The molecule has 3 rings (SSSR count). The highest BCUT2D eigenvalue weighted by molar-refractivity contribution is 9.10. The molecule has 0 atom stereocenters. The number of rotatable bonds is 3. The highest BCUT2D eigenvalue weighted by Crippen LogP contribution is 2.16. The van der Waals surface area contributed by atoms with Crippen molar-refractivity contribution in [3.63, 3.8) is 0 Å². The van der Waals surface area contributed by atoms with Crippen LogP contribution in [-0.4, -0.2) is 15.0 Å². The Labute approximate surface area is 124 Å². The Morgan fingerprint density at radius 2 is 2.00 bits per heavy atom. The Balaban J connectivity index is 1.74. The fourth-order valence-corrected chi connectivity index (χ4v) is 2.38. The maximum atomic E-state index is 8.76. The van der Waals surface area contributed by atoms with E-state index in [2.05, 4.69) is 37.0 Å². The van der Waals surface area contributed by atoms with Crippen molar-refractivity contribution < 1.29 is 0 Å². The molecule has 3 aromatic rings. The first-order chi connectivity index (χ1) is 9.74. The number of pyridine rings is 1. The Morgan fingerprint density at radius 3 is 2.75 bits per heavy atom. The molecule has 0 amide bonds. The van der Waals surface area contributed by atoms with Gasteiger partial charge in [0.1, 0.15) is 5.82 Å². The number of benzene rings is 1. The van der Waals surface area contributed by atoms with Crippen molar-refractivity contribution >= 4 is 27.1 Å². The van der Waals surface area contributed by atoms with E-state index in [0.29, 0.717) is 5.56 Å². The van der Waals surface area contributed by atoms with Gasteiger partial charge in [0.25, 0.3) is 0 Å². The third kappa shape index (κ3) is 2.70. The number of hydrogen-bond acceptors (Lipinski definition) is 3. The molecule has 0 aliphatic heterocycles. The molecule has 0 unspecified atom stereocenters. The molecule has 2 heterocycles. The summed E-state index contributed by atoms with van der Waals surface area (Å²) >= 11 is 3.39. The Morgan fingerprint density at radius 1 is 1.20 bits per heavy atom. The number of nitrogens with one attached hydrogen (secondary N) is 1. The smallest absolute Gasteiger partial charge is 0.177 e. The van der Waals surface area contributed by atoms with Gasteiger partial charge in [-0.3, -0.25) is 0 Å². The fourth-order valence-electron chi connectivity index (χ4n) is 2.05. The van der Waals surface area contributed by atoms with Crippen LogP contribution < -0.4 is 0 Å². The minimum absolute atomic E-state index is 0.687. The summed E-state index contributed by atoms with van der Waals surface area (Å²) in [6.07, 6.45) is 3.44. The number of aryl methyl sites for hydroxylation is 2. The largest absolute Gasteiger partial charge is 0.341 e. The average molecular weight is 327 g/mol. The molecule has 5 heteroatoms. The van der Waals surface area contributed by atoms with Crippen molar-refractivity contribution in [3.8, 4) is 6.07 Å². The minimum atomic E-state index is 0.687. The molecule has 0 aliphatic rings. The van der Waals surface area contributed by atoms with Crippen molar-refractivity contribution in [2.24, 2.45) is 0 Å². The Hall–Kier alpha value is -2.19. The van der Waals surface area contributed by atoms with Crippen molar-refractivity contribution in [3.05, 3.63) is 58.0 Å². The summed E-state index contributed by atoms with van der Waals surface area (Å²) in [5.41, 5.74) is 3.56. The number of imidazole rings is 1. The zero-order chi connectivity index (χ0) is 13.9. The Kier molecular flexibility index (Phi) is 3.48. The molecule has 1 aromatic carbocycles. The Bertz CT molecular complexity index is 784. The molecular formula is C15H11BrN4. The average Bonchev–Trinajstić information content (AvgIpc) is 2.87. The molecule has 0 fully saturated rings. The van der Waals surface area contributed by atoms with Crippen LogP contribution in [0.3, 0.4) is 0 Å². The summed E-state index contributed by atoms with van der Waals surface area (Å²) in [7, 11) is 0. The summed E-state index contributed by atoms with van der Waals surface area (Å²) in [4.78, 5) is 12.0. The molecule has 0 radical (unpaired) electrons. The summed E-state index contributed by atoms with van der Waals surface area (Å²) in [5, 5.41) is 8.76. The molecule has 0 aliphatic carbocycles. The van der Waals surface area contributed by atoms with Gasteiger partial charge in [0, 0.05) is 17.1 Å². The van der Waals surface area contributed by atoms with E-state index < -0.39 is 0 Å². The summed E-state index contributed by atoms with van der Waals surface area (Å²) < 4.78 is 0.937. The first kappa shape index (κ1) is 12.8. The molecule has 0 saturated heterocycles. The minimum Gasteiger partial charge on any atom is -0.341 e.